The van der Waals surface area contributed by atoms with Crippen LogP contribution in [0.5, 0.6) is 5.75 Å². The smallest absolute Gasteiger partial charge is 0.258 e. The second-order valence-electron chi connectivity index (χ2n) is 4.89. The molecule has 0 saturated heterocycles. The number of phenols is 1. The molecule has 0 radical (unpaired) electrons. The maximum absolute atomic E-state index is 13.7. The van der Waals surface area contributed by atoms with Crippen molar-refractivity contribution in [1.82, 2.24) is 0 Å². The largest absolute Gasteiger partial charge is 0.508 e. The van der Waals surface area contributed by atoms with Crippen molar-refractivity contribution >= 4 is 11.6 Å². The Hall–Kier alpha value is -2.36. The number of benzene rings is 2. The molecule has 2 rings (SSSR count). The van der Waals surface area contributed by atoms with Gasteiger partial charge in [0, 0.05) is 5.69 Å². The maximum atomic E-state index is 13.7. The van der Waals surface area contributed by atoms with Crippen molar-refractivity contribution in [2.24, 2.45) is 0 Å². The molecule has 4 heteroatoms. The Morgan fingerprint density at radius 2 is 1.80 bits per heavy atom. The van der Waals surface area contributed by atoms with Gasteiger partial charge in [0.1, 0.15) is 11.6 Å². The Kier molecular flexibility index (Phi) is 3.74. The Morgan fingerprint density at radius 1 is 1.10 bits per heavy atom. The minimum absolute atomic E-state index is 0.000674. The number of anilines is 1. The molecule has 0 unspecified atom stereocenters. The lowest BCUT2D eigenvalue weighted by molar-refractivity contribution is 0.102. The van der Waals surface area contributed by atoms with Gasteiger partial charge in [-0.15, -0.1) is 0 Å². The fourth-order valence-electron chi connectivity index (χ4n) is 1.93. The summed E-state index contributed by atoms with van der Waals surface area (Å²) in [6.45, 7) is 5.26. The first kappa shape index (κ1) is 14.1. The van der Waals surface area contributed by atoms with Crippen molar-refractivity contribution in [3.05, 3.63) is 58.4 Å². The van der Waals surface area contributed by atoms with E-state index in [4.69, 9.17) is 0 Å². The molecule has 2 aromatic carbocycles. The van der Waals surface area contributed by atoms with Crippen molar-refractivity contribution in [1.29, 1.82) is 0 Å². The highest BCUT2D eigenvalue weighted by molar-refractivity contribution is 6.05. The van der Waals surface area contributed by atoms with Crippen molar-refractivity contribution in [2.45, 2.75) is 20.8 Å². The van der Waals surface area contributed by atoms with Crippen LogP contribution in [0.4, 0.5) is 10.1 Å². The molecule has 0 saturated carbocycles. The molecule has 20 heavy (non-hydrogen) atoms. The van der Waals surface area contributed by atoms with Crippen LogP contribution in [0, 0.1) is 26.6 Å². The zero-order valence-electron chi connectivity index (χ0n) is 11.6. The van der Waals surface area contributed by atoms with Crippen molar-refractivity contribution in [3.63, 3.8) is 0 Å². The normalized spacial score (nSPS) is 10.4. The predicted octanol–water partition coefficient (Wildman–Crippen LogP) is 3.71. The van der Waals surface area contributed by atoms with Gasteiger partial charge in [-0.25, -0.2) is 4.39 Å². The van der Waals surface area contributed by atoms with Crippen molar-refractivity contribution < 1.29 is 14.3 Å². The Morgan fingerprint density at radius 3 is 2.45 bits per heavy atom. The molecule has 2 aromatic rings. The van der Waals surface area contributed by atoms with E-state index in [0.29, 0.717) is 16.8 Å². The zero-order chi connectivity index (χ0) is 14.9. The molecule has 0 atom stereocenters. The summed E-state index contributed by atoms with van der Waals surface area (Å²) in [5, 5.41) is 12.2. The second-order valence-corrected chi connectivity index (χ2v) is 4.89. The SMILES string of the molecule is Cc1ccc(C(=O)Nc2cc(C)c(O)cc2C)c(F)c1. The third kappa shape index (κ3) is 2.79. The van der Waals surface area contributed by atoms with Gasteiger partial charge in [0.2, 0.25) is 0 Å². The van der Waals surface area contributed by atoms with Gasteiger partial charge in [-0.2, -0.15) is 0 Å². The number of aryl methyl sites for hydroxylation is 3. The van der Waals surface area contributed by atoms with E-state index < -0.39 is 11.7 Å². The summed E-state index contributed by atoms with van der Waals surface area (Å²) in [7, 11) is 0. The molecule has 0 aliphatic heterocycles. The molecule has 104 valence electrons. The third-order valence-corrected chi connectivity index (χ3v) is 3.16. The lowest BCUT2D eigenvalue weighted by Crippen LogP contribution is -2.14. The number of hydrogen-bond donors (Lipinski definition) is 2. The first-order valence-electron chi connectivity index (χ1n) is 6.26. The molecule has 0 fully saturated rings. The topological polar surface area (TPSA) is 49.3 Å². The number of halogens is 1. The van der Waals surface area contributed by atoms with Gasteiger partial charge in [-0.05, 0) is 61.7 Å². The lowest BCUT2D eigenvalue weighted by atomic mass is 10.1. The van der Waals surface area contributed by atoms with E-state index in [1.165, 1.54) is 12.1 Å². The molecule has 3 nitrogen and oxygen atoms in total. The van der Waals surface area contributed by atoms with Crippen LogP contribution in [0.3, 0.4) is 0 Å². The Bertz CT molecular complexity index is 680. The number of amides is 1. The van der Waals surface area contributed by atoms with Crippen LogP contribution in [0.25, 0.3) is 0 Å². The van der Waals surface area contributed by atoms with Crippen LogP contribution >= 0.6 is 0 Å². The molecule has 0 heterocycles. The third-order valence-electron chi connectivity index (χ3n) is 3.16. The van der Waals surface area contributed by atoms with Crippen molar-refractivity contribution in [2.75, 3.05) is 5.32 Å². The fraction of sp³-hybridized carbons (Fsp3) is 0.188. The summed E-state index contributed by atoms with van der Waals surface area (Å²) >= 11 is 0. The van der Waals surface area contributed by atoms with Crippen LogP contribution in [0.1, 0.15) is 27.0 Å². The van der Waals surface area contributed by atoms with E-state index in [1.54, 1.807) is 39.0 Å². The van der Waals surface area contributed by atoms with E-state index in [2.05, 4.69) is 5.32 Å². The summed E-state index contributed by atoms with van der Waals surface area (Å²) in [6.07, 6.45) is 0. The highest BCUT2D eigenvalue weighted by Gasteiger charge is 2.13. The van der Waals surface area contributed by atoms with E-state index >= 15 is 0 Å². The van der Waals surface area contributed by atoms with Gasteiger partial charge < -0.3 is 10.4 Å². The van der Waals surface area contributed by atoms with E-state index in [1.807, 2.05) is 0 Å². The fourth-order valence-corrected chi connectivity index (χ4v) is 1.93. The average molecular weight is 273 g/mol. The van der Waals surface area contributed by atoms with Gasteiger partial charge in [0.25, 0.3) is 5.91 Å². The summed E-state index contributed by atoms with van der Waals surface area (Å²) in [6, 6.07) is 7.70. The van der Waals surface area contributed by atoms with E-state index in [-0.39, 0.29) is 11.3 Å². The monoisotopic (exact) mass is 273 g/mol. The highest BCUT2D eigenvalue weighted by atomic mass is 19.1. The lowest BCUT2D eigenvalue weighted by Gasteiger charge is -2.11. The first-order chi connectivity index (χ1) is 9.38. The number of nitrogens with one attached hydrogen (secondary N) is 1. The summed E-state index contributed by atoms with van der Waals surface area (Å²) in [4.78, 5) is 12.1. The number of carbonyl (C=O) groups is 1. The van der Waals surface area contributed by atoms with E-state index in [0.717, 1.165) is 5.56 Å². The summed E-state index contributed by atoms with van der Waals surface area (Å²) in [5.41, 5.74) is 2.69. The molecule has 0 aliphatic carbocycles. The van der Waals surface area contributed by atoms with E-state index in [9.17, 15) is 14.3 Å². The quantitative estimate of drug-likeness (QED) is 0.819. The van der Waals surface area contributed by atoms with Gasteiger partial charge in [-0.3, -0.25) is 4.79 Å². The molecule has 2 N–H and O–H groups in total. The zero-order valence-corrected chi connectivity index (χ0v) is 11.6. The highest BCUT2D eigenvalue weighted by Crippen LogP contribution is 2.25. The number of carbonyl (C=O) groups excluding carboxylic acids is 1. The van der Waals surface area contributed by atoms with Crippen LogP contribution in [0.2, 0.25) is 0 Å². The molecular weight excluding hydrogens is 257 g/mol. The van der Waals surface area contributed by atoms with Crippen LogP contribution in [-0.2, 0) is 0 Å². The summed E-state index contributed by atoms with van der Waals surface area (Å²) in [5.74, 6) is -0.881. The Labute approximate surface area is 117 Å². The van der Waals surface area contributed by atoms with Gasteiger partial charge in [0.15, 0.2) is 0 Å². The van der Waals surface area contributed by atoms with Crippen LogP contribution < -0.4 is 5.32 Å². The molecule has 0 spiro atoms. The summed E-state index contributed by atoms with van der Waals surface area (Å²) < 4.78 is 13.7. The van der Waals surface area contributed by atoms with Gasteiger partial charge in [-0.1, -0.05) is 6.07 Å². The maximum Gasteiger partial charge on any atom is 0.258 e. The first-order valence-corrected chi connectivity index (χ1v) is 6.26. The Balaban J connectivity index is 2.30. The number of phenolic OH excluding ortho intramolecular Hbond substituents is 1. The number of aromatic hydroxyl groups is 1. The van der Waals surface area contributed by atoms with Crippen LogP contribution in [-0.4, -0.2) is 11.0 Å². The average Bonchev–Trinajstić information content (AvgIpc) is 2.35. The van der Waals surface area contributed by atoms with Crippen molar-refractivity contribution in [3.8, 4) is 5.75 Å². The van der Waals surface area contributed by atoms with Gasteiger partial charge >= 0.3 is 0 Å². The molecule has 1 amide bonds. The molecule has 0 bridgehead atoms. The second kappa shape index (κ2) is 5.33. The molecular formula is C16H16FNO2. The molecule has 0 aromatic heterocycles. The molecule has 0 aliphatic rings. The van der Waals surface area contributed by atoms with Crippen LogP contribution in [0.15, 0.2) is 30.3 Å². The standard InChI is InChI=1S/C16H16FNO2/c1-9-4-5-12(13(17)6-9)16(20)18-14-7-11(3)15(19)8-10(14)2/h4-8,19H,1-3H3,(H,18,20). The number of rotatable bonds is 2. The number of hydrogen-bond acceptors (Lipinski definition) is 2. The minimum Gasteiger partial charge on any atom is -0.508 e. The minimum atomic E-state index is -0.546. The van der Waals surface area contributed by atoms with Gasteiger partial charge in [0.05, 0.1) is 5.56 Å². The predicted molar refractivity (Wildman–Crippen MR) is 76.7 cm³/mol.